The van der Waals surface area contributed by atoms with Gasteiger partial charge in [0.25, 0.3) is 0 Å². The van der Waals surface area contributed by atoms with Gasteiger partial charge in [0, 0.05) is 9.77 Å². The summed E-state index contributed by atoms with van der Waals surface area (Å²) in [7, 11) is 0. The van der Waals surface area contributed by atoms with Crippen LogP contribution in [0.25, 0.3) is 0 Å². The fourth-order valence-corrected chi connectivity index (χ4v) is 0.863. The van der Waals surface area contributed by atoms with Crippen molar-refractivity contribution in [1.29, 1.82) is 0 Å². The first-order valence-corrected chi connectivity index (χ1v) is 3.77. The highest BCUT2D eigenvalue weighted by molar-refractivity contribution is 14.1. The number of halogens is 4. The third-order valence-corrected chi connectivity index (χ3v) is 1.66. The molecule has 0 amide bonds. The number of hydrogen-bond acceptors (Lipinski definition) is 1. The van der Waals surface area contributed by atoms with Gasteiger partial charge in [-0.2, -0.15) is 13.2 Å². The number of alkyl halides is 3. The smallest absolute Gasteiger partial charge is 0.251 e. The number of rotatable bonds is 0. The summed E-state index contributed by atoms with van der Waals surface area (Å²) >= 11 is 1.89. The van der Waals surface area contributed by atoms with E-state index < -0.39 is 11.9 Å². The quantitative estimate of drug-likeness (QED) is 0.667. The lowest BCUT2D eigenvalue weighted by atomic mass is 10.3. The van der Waals surface area contributed by atoms with Crippen LogP contribution < -0.4 is 0 Å². The number of aromatic nitrogens is 1. The lowest BCUT2D eigenvalue weighted by Crippen LogP contribution is -2.07. The summed E-state index contributed by atoms with van der Waals surface area (Å²) < 4.78 is 36.3. The highest BCUT2D eigenvalue weighted by atomic mass is 127. The third-order valence-electron chi connectivity index (χ3n) is 1.02. The SMILES string of the molecule is C.FC(F)(F)c1ccc(I)cn1. The molecule has 0 radical (unpaired) electrons. The molecule has 0 aliphatic heterocycles. The average Bonchev–Trinajstić information content (AvgIpc) is 1.86. The summed E-state index contributed by atoms with van der Waals surface area (Å²) in [6.07, 6.45) is -3.15. The van der Waals surface area contributed by atoms with Crippen molar-refractivity contribution >= 4 is 22.6 Å². The summed E-state index contributed by atoms with van der Waals surface area (Å²) in [6.45, 7) is 0. The fourth-order valence-electron chi connectivity index (χ4n) is 0.544. The Labute approximate surface area is 82.1 Å². The second-order valence-corrected chi connectivity index (χ2v) is 3.11. The van der Waals surface area contributed by atoms with Gasteiger partial charge in [-0.05, 0) is 34.7 Å². The highest BCUT2D eigenvalue weighted by Gasteiger charge is 2.31. The molecule has 1 rings (SSSR count). The van der Waals surface area contributed by atoms with Gasteiger partial charge in [0.2, 0.25) is 0 Å². The Morgan fingerprint density at radius 3 is 2.17 bits per heavy atom. The maximum Gasteiger partial charge on any atom is 0.433 e. The minimum Gasteiger partial charge on any atom is -0.251 e. The zero-order valence-corrected chi connectivity index (χ0v) is 7.35. The fraction of sp³-hybridized carbons (Fsp3) is 0.286. The molecule has 1 aromatic rings. The van der Waals surface area contributed by atoms with Crippen molar-refractivity contribution in [2.45, 2.75) is 13.6 Å². The second-order valence-electron chi connectivity index (χ2n) is 1.86. The zero-order chi connectivity index (χ0) is 8.48. The summed E-state index contributed by atoms with van der Waals surface area (Å²) in [6, 6.07) is 2.33. The van der Waals surface area contributed by atoms with E-state index >= 15 is 0 Å². The molecule has 0 saturated heterocycles. The van der Waals surface area contributed by atoms with Gasteiger partial charge in [-0.3, -0.25) is 4.98 Å². The Hall–Kier alpha value is -0.330. The lowest BCUT2D eigenvalue weighted by molar-refractivity contribution is -0.141. The molecule has 0 bridgehead atoms. The van der Waals surface area contributed by atoms with E-state index in [1.165, 1.54) is 12.3 Å². The van der Waals surface area contributed by atoms with Crippen LogP contribution in [0.3, 0.4) is 0 Å². The maximum absolute atomic E-state index is 11.9. The molecule has 0 N–H and O–H groups in total. The van der Waals surface area contributed by atoms with Gasteiger partial charge in [-0.1, -0.05) is 7.43 Å². The van der Waals surface area contributed by atoms with E-state index in [1.807, 2.05) is 22.6 Å². The van der Waals surface area contributed by atoms with Crippen molar-refractivity contribution in [3.05, 3.63) is 27.6 Å². The van der Waals surface area contributed by atoms with E-state index in [-0.39, 0.29) is 7.43 Å². The van der Waals surface area contributed by atoms with E-state index in [1.54, 1.807) is 0 Å². The van der Waals surface area contributed by atoms with Crippen molar-refractivity contribution in [3.63, 3.8) is 0 Å². The topological polar surface area (TPSA) is 12.9 Å². The Morgan fingerprint density at radius 2 is 1.83 bits per heavy atom. The van der Waals surface area contributed by atoms with E-state index in [4.69, 9.17) is 0 Å². The predicted molar refractivity (Wildman–Crippen MR) is 48.7 cm³/mol. The van der Waals surface area contributed by atoms with Crippen LogP contribution in [0.15, 0.2) is 18.3 Å². The van der Waals surface area contributed by atoms with Gasteiger partial charge in [0.1, 0.15) is 5.69 Å². The van der Waals surface area contributed by atoms with E-state index in [9.17, 15) is 13.2 Å². The van der Waals surface area contributed by atoms with Crippen LogP contribution in [0, 0.1) is 3.57 Å². The number of pyridine rings is 1. The molecule has 68 valence electrons. The van der Waals surface area contributed by atoms with Crippen LogP contribution in [-0.4, -0.2) is 4.98 Å². The molecule has 0 saturated carbocycles. The Morgan fingerprint density at radius 1 is 1.25 bits per heavy atom. The average molecular weight is 289 g/mol. The van der Waals surface area contributed by atoms with Gasteiger partial charge in [-0.25, -0.2) is 0 Å². The summed E-state index contributed by atoms with van der Waals surface area (Å²) in [5.41, 5.74) is -0.849. The van der Waals surface area contributed by atoms with E-state index in [2.05, 4.69) is 4.98 Å². The van der Waals surface area contributed by atoms with Crippen LogP contribution in [0.4, 0.5) is 13.2 Å². The molecule has 12 heavy (non-hydrogen) atoms. The molecule has 1 aromatic heterocycles. The molecule has 0 unspecified atom stereocenters. The monoisotopic (exact) mass is 289 g/mol. The maximum atomic E-state index is 11.9. The first-order valence-electron chi connectivity index (χ1n) is 2.69. The molecule has 0 aliphatic rings. The third kappa shape index (κ3) is 2.96. The van der Waals surface area contributed by atoms with Crippen LogP contribution in [-0.2, 0) is 6.18 Å². The molecule has 0 aliphatic carbocycles. The highest BCUT2D eigenvalue weighted by Crippen LogP contribution is 2.27. The molecule has 0 aromatic carbocycles. The Bertz CT molecular complexity index is 242. The summed E-state index contributed by atoms with van der Waals surface area (Å²) in [4.78, 5) is 3.22. The lowest BCUT2D eigenvalue weighted by Gasteiger charge is -2.03. The van der Waals surface area contributed by atoms with E-state index in [0.717, 1.165) is 6.07 Å². The minimum absolute atomic E-state index is 0. The minimum atomic E-state index is -4.33. The predicted octanol–water partition coefficient (Wildman–Crippen LogP) is 3.34. The number of nitrogens with zero attached hydrogens (tertiary/aromatic N) is 1. The van der Waals surface area contributed by atoms with Crippen molar-refractivity contribution in [3.8, 4) is 0 Å². The Balaban J connectivity index is 0.00000121. The summed E-state index contributed by atoms with van der Waals surface area (Å²) in [5, 5.41) is 0. The molecule has 1 nitrogen and oxygen atoms in total. The largest absolute Gasteiger partial charge is 0.433 e. The van der Waals surface area contributed by atoms with Gasteiger partial charge >= 0.3 is 6.18 Å². The second kappa shape index (κ2) is 4.06. The molecular weight excluding hydrogens is 282 g/mol. The first kappa shape index (κ1) is 11.7. The van der Waals surface area contributed by atoms with Crippen molar-refractivity contribution in [2.75, 3.05) is 0 Å². The molecule has 0 spiro atoms. The molecule has 5 heteroatoms. The number of hydrogen-bond donors (Lipinski definition) is 0. The van der Waals surface area contributed by atoms with Gasteiger partial charge in [-0.15, -0.1) is 0 Å². The van der Waals surface area contributed by atoms with Gasteiger partial charge in [0.15, 0.2) is 0 Å². The molecular formula is C7H7F3IN. The van der Waals surface area contributed by atoms with Crippen molar-refractivity contribution in [1.82, 2.24) is 4.98 Å². The normalized spacial score (nSPS) is 10.7. The summed E-state index contributed by atoms with van der Waals surface area (Å²) in [5.74, 6) is 0. The van der Waals surface area contributed by atoms with Crippen LogP contribution in [0.1, 0.15) is 13.1 Å². The first-order chi connectivity index (χ1) is 5.00. The Kier molecular flexibility index (Phi) is 3.95. The van der Waals surface area contributed by atoms with Crippen molar-refractivity contribution < 1.29 is 13.2 Å². The molecule has 0 atom stereocenters. The van der Waals surface area contributed by atoms with E-state index in [0.29, 0.717) is 3.57 Å². The standard InChI is InChI=1S/C6H3F3IN.CH4/c7-6(8,9)5-2-1-4(10)3-11-5;/h1-3H;1H4. The van der Waals surface area contributed by atoms with Gasteiger partial charge < -0.3 is 0 Å². The molecule has 1 heterocycles. The van der Waals surface area contributed by atoms with Crippen LogP contribution in [0.5, 0.6) is 0 Å². The molecule has 0 fully saturated rings. The zero-order valence-electron chi connectivity index (χ0n) is 5.19. The van der Waals surface area contributed by atoms with Crippen molar-refractivity contribution in [2.24, 2.45) is 0 Å². The van der Waals surface area contributed by atoms with Crippen LogP contribution >= 0.6 is 22.6 Å². The van der Waals surface area contributed by atoms with Gasteiger partial charge in [0.05, 0.1) is 0 Å². The van der Waals surface area contributed by atoms with Crippen LogP contribution in [0.2, 0.25) is 0 Å².